The van der Waals surface area contributed by atoms with Crippen LogP contribution in [0.25, 0.3) is 10.8 Å². The fourth-order valence-corrected chi connectivity index (χ4v) is 8.75. The number of sulfonamides is 1. The third-order valence-corrected chi connectivity index (χ3v) is 12.5. The van der Waals surface area contributed by atoms with Crippen LogP contribution >= 0.6 is 11.6 Å². The van der Waals surface area contributed by atoms with Crippen LogP contribution in [0.15, 0.2) is 54.9 Å². The molecular formula is C37H43ClN6O8S. The maximum Gasteiger partial charge on any atom is 0.259 e. The molecule has 0 bridgehead atoms. The van der Waals surface area contributed by atoms with Crippen molar-refractivity contribution in [2.45, 2.75) is 86.8 Å². The molecule has 1 aromatic carbocycles. The number of nitrogens with zero attached hydrogens (tertiary/aromatic N) is 3. The number of benzene rings is 1. The normalized spacial score (nSPS) is 27.0. The highest BCUT2D eigenvalue weighted by molar-refractivity contribution is 7.91. The Morgan fingerprint density at radius 2 is 1.85 bits per heavy atom. The zero-order chi connectivity index (χ0) is 37.3. The van der Waals surface area contributed by atoms with Gasteiger partial charge in [0.15, 0.2) is 0 Å². The maximum absolute atomic E-state index is 14.6. The highest BCUT2D eigenvalue weighted by Gasteiger charge is 2.62. The molecular weight excluding hydrogens is 724 g/mol. The molecule has 3 N–H and O–H groups in total. The van der Waals surface area contributed by atoms with Crippen LogP contribution in [0.5, 0.6) is 17.5 Å². The van der Waals surface area contributed by atoms with E-state index in [9.17, 15) is 22.8 Å². The highest BCUT2D eigenvalue weighted by atomic mass is 35.5. The molecule has 2 saturated carbocycles. The van der Waals surface area contributed by atoms with Gasteiger partial charge in [-0.2, -0.15) is 0 Å². The molecule has 5 atom stereocenters. The van der Waals surface area contributed by atoms with Gasteiger partial charge in [0.25, 0.3) is 5.91 Å². The first-order valence-electron chi connectivity index (χ1n) is 17.9. The van der Waals surface area contributed by atoms with Gasteiger partial charge in [-0.05, 0) is 62.8 Å². The number of fused-ring (bicyclic) bond motifs is 3. The molecule has 282 valence electrons. The van der Waals surface area contributed by atoms with Crippen molar-refractivity contribution in [3.05, 3.63) is 59.9 Å². The Balaban J connectivity index is 1.21. The van der Waals surface area contributed by atoms with Gasteiger partial charge in [-0.3, -0.25) is 19.1 Å². The van der Waals surface area contributed by atoms with Crippen molar-refractivity contribution in [3.63, 3.8) is 0 Å². The monoisotopic (exact) mass is 766 g/mol. The Kier molecular flexibility index (Phi) is 10.4. The van der Waals surface area contributed by atoms with Gasteiger partial charge in [0.1, 0.15) is 29.5 Å². The number of methoxy groups -OCH3 is 2. The Hall–Kier alpha value is -4.63. The number of aromatic nitrogens is 2. The summed E-state index contributed by atoms with van der Waals surface area (Å²) in [6, 6.07) is 6.97. The molecule has 3 amide bonds. The number of anilines is 1. The number of nitrogens with one attached hydrogen (secondary N) is 3. The van der Waals surface area contributed by atoms with Crippen LogP contribution in [0.2, 0.25) is 5.02 Å². The summed E-state index contributed by atoms with van der Waals surface area (Å²) < 4.78 is 45.1. The summed E-state index contributed by atoms with van der Waals surface area (Å²) in [4.78, 5) is 53.0. The zero-order valence-electron chi connectivity index (χ0n) is 29.5. The molecule has 7 rings (SSSR count). The molecule has 16 heteroatoms. The van der Waals surface area contributed by atoms with Crippen LogP contribution in [0, 0.1) is 5.92 Å². The molecule has 14 nitrogen and oxygen atoms in total. The van der Waals surface area contributed by atoms with E-state index in [0.29, 0.717) is 47.0 Å². The average molecular weight is 767 g/mol. The van der Waals surface area contributed by atoms with Gasteiger partial charge in [0.05, 0.1) is 44.1 Å². The Morgan fingerprint density at radius 1 is 1.02 bits per heavy atom. The summed E-state index contributed by atoms with van der Waals surface area (Å²) in [6.07, 6.45) is 11.3. The lowest BCUT2D eigenvalue weighted by molar-refractivity contribution is -0.140. The SMILES string of the molecule is COc1ccc(N[C@H]2CCCCC/C=C\[C@H]3C[C@@]3(C(=O)NS(=O)(=O)C3CC3)NC(=O)[C@@H]3C[C@@H](Oc4ncc(OC)c5ccc(Cl)cc45)CN3C2=O)cn1. The van der Waals surface area contributed by atoms with E-state index in [-0.39, 0.29) is 31.2 Å². The van der Waals surface area contributed by atoms with Crippen LogP contribution in [0.3, 0.4) is 0 Å². The van der Waals surface area contributed by atoms with Crippen LogP contribution in [-0.4, -0.2) is 90.7 Å². The predicted molar refractivity (Wildman–Crippen MR) is 197 cm³/mol. The summed E-state index contributed by atoms with van der Waals surface area (Å²) in [5.74, 6) is -0.850. The van der Waals surface area contributed by atoms with E-state index in [2.05, 4.69) is 25.3 Å². The average Bonchev–Trinajstić information content (AvgIpc) is 4.07. The summed E-state index contributed by atoms with van der Waals surface area (Å²) in [6.45, 7) is 0.0460. The van der Waals surface area contributed by atoms with Gasteiger partial charge >= 0.3 is 0 Å². The number of pyridine rings is 2. The van der Waals surface area contributed by atoms with E-state index in [0.717, 1.165) is 31.1 Å². The van der Waals surface area contributed by atoms with Crippen LogP contribution in [0.1, 0.15) is 57.8 Å². The number of ether oxygens (including phenoxy) is 3. The Bertz CT molecular complexity index is 2030. The fourth-order valence-electron chi connectivity index (χ4n) is 7.21. The number of amides is 3. The van der Waals surface area contributed by atoms with Gasteiger partial charge in [0.2, 0.25) is 33.6 Å². The first-order chi connectivity index (χ1) is 25.5. The Morgan fingerprint density at radius 3 is 2.58 bits per heavy atom. The number of carbonyl (C=O) groups is 3. The summed E-state index contributed by atoms with van der Waals surface area (Å²) in [5, 5.41) is 7.42. The smallest absolute Gasteiger partial charge is 0.259 e. The topological polar surface area (TPSA) is 178 Å². The fraction of sp³-hybridized carbons (Fsp3) is 0.486. The van der Waals surface area contributed by atoms with Crippen molar-refractivity contribution in [1.82, 2.24) is 24.9 Å². The first-order valence-corrected chi connectivity index (χ1v) is 19.8. The van der Waals surface area contributed by atoms with Crippen molar-refractivity contribution >= 4 is 55.8 Å². The second-order valence-electron chi connectivity index (χ2n) is 14.1. The van der Waals surface area contributed by atoms with E-state index < -0.39 is 56.7 Å². The molecule has 2 aliphatic heterocycles. The molecule has 2 aliphatic carbocycles. The second kappa shape index (κ2) is 15.0. The van der Waals surface area contributed by atoms with E-state index in [4.69, 9.17) is 25.8 Å². The first kappa shape index (κ1) is 36.7. The number of carbonyl (C=O) groups excluding carboxylic acids is 3. The minimum atomic E-state index is -3.87. The number of hydrogen-bond donors (Lipinski definition) is 3. The molecule has 3 fully saturated rings. The van der Waals surface area contributed by atoms with E-state index in [1.165, 1.54) is 12.0 Å². The van der Waals surface area contributed by atoms with Crippen LogP contribution in [-0.2, 0) is 24.4 Å². The lowest BCUT2D eigenvalue weighted by Crippen LogP contribution is -2.57. The minimum absolute atomic E-state index is 0.0460. The number of hydrogen-bond acceptors (Lipinski definition) is 11. The van der Waals surface area contributed by atoms with Gasteiger partial charge in [-0.1, -0.05) is 36.6 Å². The summed E-state index contributed by atoms with van der Waals surface area (Å²) in [5.41, 5.74) is -0.864. The third-order valence-electron chi connectivity index (χ3n) is 10.4. The van der Waals surface area contributed by atoms with E-state index >= 15 is 0 Å². The summed E-state index contributed by atoms with van der Waals surface area (Å²) in [7, 11) is -0.812. The molecule has 53 heavy (non-hydrogen) atoms. The molecule has 1 saturated heterocycles. The molecule has 2 aromatic heterocycles. The van der Waals surface area contributed by atoms with Gasteiger partial charge in [-0.15, -0.1) is 0 Å². The molecule has 4 heterocycles. The van der Waals surface area contributed by atoms with Crippen molar-refractivity contribution < 1.29 is 37.0 Å². The van der Waals surface area contributed by atoms with Gasteiger partial charge < -0.3 is 29.7 Å². The lowest BCUT2D eigenvalue weighted by atomic mass is 10.0. The lowest BCUT2D eigenvalue weighted by Gasteiger charge is -2.30. The highest BCUT2D eigenvalue weighted by Crippen LogP contribution is 2.46. The Labute approximate surface area is 313 Å². The molecule has 4 aliphatic rings. The number of allylic oxidation sites excluding steroid dienone is 1. The van der Waals surface area contributed by atoms with Gasteiger partial charge in [-0.25, -0.2) is 18.4 Å². The molecule has 0 spiro atoms. The number of rotatable bonds is 9. The van der Waals surface area contributed by atoms with Crippen LogP contribution in [0.4, 0.5) is 5.69 Å². The largest absolute Gasteiger partial charge is 0.494 e. The quantitative estimate of drug-likeness (QED) is 0.267. The molecule has 3 aromatic rings. The zero-order valence-corrected chi connectivity index (χ0v) is 31.1. The minimum Gasteiger partial charge on any atom is -0.494 e. The molecule has 0 unspecified atom stereocenters. The van der Waals surface area contributed by atoms with E-state index in [1.807, 2.05) is 12.2 Å². The number of halogens is 1. The van der Waals surface area contributed by atoms with Crippen LogP contribution < -0.4 is 29.6 Å². The van der Waals surface area contributed by atoms with E-state index in [1.54, 1.807) is 49.8 Å². The molecule has 0 radical (unpaired) electrons. The third kappa shape index (κ3) is 7.86. The predicted octanol–water partition coefficient (Wildman–Crippen LogP) is 4.13. The van der Waals surface area contributed by atoms with Crippen molar-refractivity contribution in [2.75, 3.05) is 26.1 Å². The standard InChI is InChI=1S/C37H43ClN6O8S/c1-50-31-20-40-34(28-16-23(38)10-14-27(28)31)52-25-17-30-33(45)42-37(36(47)43-53(48,49)26-12-13-26)18-22(37)8-6-4-3-5-7-9-29(35(46)44(30)21-25)41-24-11-15-32(51-2)39-19-24/h6,8,10-11,14-16,19-20,22,25-26,29-30,41H,3-5,7,9,12-13,17-18,21H2,1-2H3,(H,42,45)(H,43,47)/b8-6-/t22-,25+,29-,30-,37+/m0/s1. The maximum atomic E-state index is 14.6. The van der Waals surface area contributed by atoms with Crippen molar-refractivity contribution in [3.8, 4) is 17.5 Å². The van der Waals surface area contributed by atoms with Crippen molar-refractivity contribution in [1.29, 1.82) is 0 Å². The summed E-state index contributed by atoms with van der Waals surface area (Å²) >= 11 is 6.36. The van der Waals surface area contributed by atoms with Crippen molar-refractivity contribution in [2.24, 2.45) is 5.92 Å². The second-order valence-corrected chi connectivity index (χ2v) is 16.5. The van der Waals surface area contributed by atoms with Gasteiger partial charge in [0, 0.05) is 34.2 Å².